The average Bonchev–Trinajstić information content (AvgIpc) is 3.40. The van der Waals surface area contributed by atoms with Crippen LogP contribution < -0.4 is 20.9 Å². The molecule has 1 amide bonds. The Bertz CT molecular complexity index is 1600. The van der Waals surface area contributed by atoms with Gasteiger partial charge in [-0.25, -0.2) is 4.79 Å². The molecule has 0 aliphatic heterocycles. The SMILES string of the molecule is CCc1cc2c(cc1CC)CC(NC[C@H](O)c1ccc(OC(=O)CNC(=O)c3ccccc3)c3[nH]c(=O)ccc13)C2. The Morgan fingerprint density at radius 2 is 1.66 bits per heavy atom. The van der Waals surface area contributed by atoms with Gasteiger partial charge in [-0.05, 0) is 77.8 Å². The summed E-state index contributed by atoms with van der Waals surface area (Å²) in [7, 11) is 0. The molecular formula is C33H35N3O5. The van der Waals surface area contributed by atoms with Gasteiger partial charge in [0.25, 0.3) is 5.91 Å². The maximum absolute atomic E-state index is 12.5. The number of H-pyrrole nitrogens is 1. The lowest BCUT2D eigenvalue weighted by Crippen LogP contribution is -2.33. The molecule has 1 heterocycles. The molecule has 0 spiro atoms. The highest BCUT2D eigenvalue weighted by Crippen LogP contribution is 2.31. The van der Waals surface area contributed by atoms with Gasteiger partial charge in [0.1, 0.15) is 6.54 Å². The highest BCUT2D eigenvalue weighted by atomic mass is 16.5. The molecule has 4 aromatic rings. The maximum atomic E-state index is 12.5. The van der Waals surface area contributed by atoms with Crippen molar-refractivity contribution in [1.82, 2.24) is 15.6 Å². The van der Waals surface area contributed by atoms with Gasteiger partial charge in [0.05, 0.1) is 11.6 Å². The van der Waals surface area contributed by atoms with Gasteiger partial charge in [-0.1, -0.05) is 50.2 Å². The van der Waals surface area contributed by atoms with Crippen LogP contribution in [-0.4, -0.2) is 41.1 Å². The van der Waals surface area contributed by atoms with Crippen LogP contribution in [0, 0.1) is 0 Å². The van der Waals surface area contributed by atoms with Crippen LogP contribution in [0.15, 0.2) is 71.5 Å². The summed E-state index contributed by atoms with van der Waals surface area (Å²) in [5.41, 5.74) is 6.56. The molecule has 0 radical (unpaired) electrons. The fourth-order valence-electron chi connectivity index (χ4n) is 5.59. The van der Waals surface area contributed by atoms with Crippen molar-refractivity contribution >= 4 is 22.8 Å². The third kappa shape index (κ3) is 6.39. The molecule has 0 unspecified atom stereocenters. The van der Waals surface area contributed by atoms with Gasteiger partial charge >= 0.3 is 5.97 Å². The van der Waals surface area contributed by atoms with Gasteiger partial charge < -0.3 is 25.5 Å². The van der Waals surface area contributed by atoms with E-state index in [-0.39, 0.29) is 23.9 Å². The monoisotopic (exact) mass is 553 g/mol. The summed E-state index contributed by atoms with van der Waals surface area (Å²) < 4.78 is 5.50. The zero-order valence-electron chi connectivity index (χ0n) is 23.3. The molecule has 0 saturated carbocycles. The third-order valence-electron chi connectivity index (χ3n) is 7.72. The van der Waals surface area contributed by atoms with Crippen molar-refractivity contribution in [2.45, 2.75) is 51.7 Å². The average molecular weight is 554 g/mol. The third-order valence-corrected chi connectivity index (χ3v) is 7.72. The molecule has 212 valence electrons. The normalized spacial score (nSPS) is 13.6. The number of nitrogens with one attached hydrogen (secondary N) is 3. The van der Waals surface area contributed by atoms with Gasteiger partial charge in [0.2, 0.25) is 5.56 Å². The predicted octanol–water partition coefficient (Wildman–Crippen LogP) is 3.78. The van der Waals surface area contributed by atoms with E-state index in [1.165, 1.54) is 28.3 Å². The van der Waals surface area contributed by atoms with Crippen molar-refractivity contribution in [3.05, 3.63) is 110 Å². The molecule has 1 aromatic heterocycles. The molecule has 4 N–H and O–H groups in total. The van der Waals surface area contributed by atoms with Crippen LogP contribution in [0.4, 0.5) is 0 Å². The summed E-state index contributed by atoms with van der Waals surface area (Å²) in [5, 5.41) is 17.8. The van der Waals surface area contributed by atoms with Crippen molar-refractivity contribution in [2.24, 2.45) is 0 Å². The highest BCUT2D eigenvalue weighted by molar-refractivity contribution is 5.96. The van der Waals surface area contributed by atoms with E-state index in [2.05, 4.69) is 41.6 Å². The zero-order chi connectivity index (χ0) is 28.9. The van der Waals surface area contributed by atoms with Crippen molar-refractivity contribution in [2.75, 3.05) is 13.1 Å². The number of carbonyl (C=O) groups excluding carboxylic acids is 2. The molecule has 3 aromatic carbocycles. The number of aromatic nitrogens is 1. The molecule has 8 nitrogen and oxygen atoms in total. The summed E-state index contributed by atoms with van der Waals surface area (Å²) >= 11 is 0. The summed E-state index contributed by atoms with van der Waals surface area (Å²) in [6.07, 6.45) is 3.04. The largest absolute Gasteiger partial charge is 0.423 e. The first-order chi connectivity index (χ1) is 19.9. The lowest BCUT2D eigenvalue weighted by Gasteiger charge is -2.19. The molecule has 5 rings (SSSR count). The molecule has 41 heavy (non-hydrogen) atoms. The number of benzene rings is 3. The minimum atomic E-state index is -0.848. The van der Waals surface area contributed by atoms with Crippen molar-refractivity contribution in [1.29, 1.82) is 0 Å². The number of esters is 1. The van der Waals surface area contributed by atoms with Crippen LogP contribution >= 0.6 is 0 Å². The van der Waals surface area contributed by atoms with Gasteiger partial charge in [-0.2, -0.15) is 0 Å². The number of aromatic amines is 1. The van der Waals surface area contributed by atoms with Crippen molar-refractivity contribution in [3.63, 3.8) is 0 Å². The van der Waals surface area contributed by atoms with Gasteiger partial charge in [0, 0.05) is 29.6 Å². The fourth-order valence-corrected chi connectivity index (χ4v) is 5.59. The van der Waals surface area contributed by atoms with Crippen molar-refractivity contribution in [3.8, 4) is 5.75 Å². The number of ether oxygens (including phenoxy) is 1. The van der Waals surface area contributed by atoms with E-state index in [9.17, 15) is 19.5 Å². The Balaban J connectivity index is 1.25. The van der Waals surface area contributed by atoms with E-state index in [1.54, 1.807) is 48.5 Å². The van der Waals surface area contributed by atoms with Gasteiger partial charge in [0.15, 0.2) is 5.75 Å². The number of pyridine rings is 1. The fraction of sp³-hybridized carbons (Fsp3) is 0.303. The van der Waals surface area contributed by atoms with E-state index in [0.29, 0.717) is 28.6 Å². The second kappa shape index (κ2) is 12.5. The Morgan fingerprint density at radius 3 is 2.32 bits per heavy atom. The topological polar surface area (TPSA) is 121 Å². The van der Waals surface area contributed by atoms with Crippen LogP contribution in [0.25, 0.3) is 10.9 Å². The maximum Gasteiger partial charge on any atom is 0.330 e. The Kier molecular flexibility index (Phi) is 8.61. The number of hydrogen-bond donors (Lipinski definition) is 4. The van der Waals surface area contributed by atoms with Gasteiger partial charge in [-0.3, -0.25) is 9.59 Å². The lowest BCUT2D eigenvalue weighted by molar-refractivity contribution is -0.133. The van der Waals surface area contributed by atoms with Crippen LogP contribution in [-0.2, 0) is 30.5 Å². The zero-order valence-corrected chi connectivity index (χ0v) is 23.3. The Morgan fingerprint density at radius 1 is 0.976 bits per heavy atom. The summed E-state index contributed by atoms with van der Waals surface area (Å²) in [6, 6.07) is 19.7. The Labute approximate surface area is 238 Å². The molecule has 0 bridgehead atoms. The first-order valence-corrected chi connectivity index (χ1v) is 14.1. The number of aryl methyl sites for hydroxylation is 2. The minimum absolute atomic E-state index is 0.144. The Hall–Kier alpha value is -4.27. The number of rotatable bonds is 10. The smallest absolute Gasteiger partial charge is 0.330 e. The molecular weight excluding hydrogens is 518 g/mol. The van der Waals surface area contributed by atoms with Crippen LogP contribution in [0.3, 0.4) is 0 Å². The second-order valence-corrected chi connectivity index (χ2v) is 10.4. The minimum Gasteiger partial charge on any atom is -0.423 e. The number of fused-ring (bicyclic) bond motifs is 2. The van der Waals surface area contributed by atoms with E-state index < -0.39 is 18.0 Å². The van der Waals surface area contributed by atoms with E-state index in [4.69, 9.17) is 4.74 Å². The summed E-state index contributed by atoms with van der Waals surface area (Å²) in [4.78, 5) is 39.7. The lowest BCUT2D eigenvalue weighted by atomic mass is 9.97. The van der Waals surface area contributed by atoms with E-state index in [0.717, 1.165) is 25.7 Å². The molecule has 8 heteroatoms. The van der Waals surface area contributed by atoms with E-state index >= 15 is 0 Å². The standard InChI is InChI=1S/C33H35N3O5/c1-3-20-14-23-16-25(17-24(23)15-21(20)4-2)34-18-28(37)26-10-12-29(32-27(26)11-13-30(38)36-32)41-31(39)19-35-33(40)22-8-6-5-7-9-22/h5-15,25,28,34,37H,3-4,16-19H2,1-2H3,(H,35,40)(H,36,38)/t28-/m0/s1. The number of carbonyl (C=O) groups is 2. The van der Waals surface area contributed by atoms with Crippen LogP contribution in [0.5, 0.6) is 5.75 Å². The first-order valence-electron chi connectivity index (χ1n) is 14.1. The quantitative estimate of drug-likeness (QED) is 0.175. The van der Waals surface area contributed by atoms with Crippen LogP contribution in [0.1, 0.15) is 58.1 Å². The first kappa shape index (κ1) is 28.3. The van der Waals surface area contributed by atoms with Gasteiger partial charge in [-0.15, -0.1) is 0 Å². The summed E-state index contributed by atoms with van der Waals surface area (Å²) in [6.45, 7) is 4.37. The number of aliphatic hydroxyl groups excluding tert-OH is 1. The van der Waals surface area contributed by atoms with Crippen LogP contribution in [0.2, 0.25) is 0 Å². The highest BCUT2D eigenvalue weighted by Gasteiger charge is 2.24. The van der Waals surface area contributed by atoms with Crippen molar-refractivity contribution < 1.29 is 19.4 Å². The summed E-state index contributed by atoms with van der Waals surface area (Å²) in [5.74, 6) is -0.937. The molecule has 0 saturated heterocycles. The number of amides is 1. The molecule has 0 fully saturated rings. The number of hydrogen-bond acceptors (Lipinski definition) is 6. The molecule has 1 aliphatic carbocycles. The molecule has 1 aliphatic rings. The molecule has 1 atom stereocenters. The van der Waals surface area contributed by atoms with E-state index in [1.807, 2.05) is 0 Å². The predicted molar refractivity (Wildman–Crippen MR) is 158 cm³/mol. The second-order valence-electron chi connectivity index (χ2n) is 10.4. The number of aliphatic hydroxyl groups is 1.